The Morgan fingerprint density at radius 3 is 1.54 bits per heavy atom. The van der Waals surface area contributed by atoms with Crippen LogP contribution in [0.25, 0.3) is 0 Å². The molecule has 3 atom stereocenters. The molecule has 11 heteroatoms. The molecule has 302 valence electrons. The summed E-state index contributed by atoms with van der Waals surface area (Å²) in [5, 5.41) is 18.3. The first kappa shape index (κ1) is 49.9. The number of aliphatic hydroxyl groups excluding tert-OH is 2. The highest BCUT2D eigenvalue weighted by atomic mass is 31.2. The summed E-state index contributed by atoms with van der Waals surface area (Å²) in [5.74, 6) is -0.964. The van der Waals surface area contributed by atoms with Crippen LogP contribution in [0, 0.1) is 0 Å². The molecule has 0 aromatic rings. The zero-order chi connectivity index (χ0) is 38.4. The third kappa shape index (κ3) is 36.3. The number of rotatable bonds is 37. The molecular formula is C41H73O10P. The molecular weight excluding hydrogens is 683 g/mol. The predicted octanol–water partition coefficient (Wildman–Crippen LogP) is 10.2. The minimum atomic E-state index is -4.62. The second-order valence-corrected chi connectivity index (χ2v) is 14.8. The quantitative estimate of drug-likeness (QED) is 0.0242. The number of phosphoric ester groups is 1. The number of aliphatic hydroxyl groups is 2. The van der Waals surface area contributed by atoms with Gasteiger partial charge in [0, 0.05) is 12.8 Å². The Bertz CT molecular complexity index is 1010. The summed E-state index contributed by atoms with van der Waals surface area (Å²) in [5.41, 5.74) is 0. The van der Waals surface area contributed by atoms with Crippen LogP contribution in [-0.4, -0.2) is 65.7 Å². The third-order valence-electron chi connectivity index (χ3n) is 8.24. The number of hydrogen-bond donors (Lipinski definition) is 3. The molecule has 0 aliphatic rings. The molecule has 3 N–H and O–H groups in total. The predicted molar refractivity (Wildman–Crippen MR) is 210 cm³/mol. The molecule has 0 spiro atoms. The standard InChI is InChI=1S/C41H73O10P/c1-3-5-7-9-11-13-15-16-17-18-19-20-21-22-23-25-26-28-30-32-40(44)48-36-39(37-50-52(46,47)49-35-38(43)34-42)51-41(45)33-31-29-27-24-14-12-10-8-6-4-2/h11,13,16-17,19-20,22-23,38-39,42-43H,3-10,12,14-15,18,21,24-37H2,1-2H3,(H,46,47)/b13-11-,17-16-,20-19-,23-22-/t38-,39+/m0/s1. The molecule has 0 amide bonds. The Labute approximate surface area is 315 Å². The van der Waals surface area contributed by atoms with Crippen LogP contribution in [0.5, 0.6) is 0 Å². The van der Waals surface area contributed by atoms with Crippen LogP contribution >= 0.6 is 7.82 Å². The molecule has 0 aromatic heterocycles. The van der Waals surface area contributed by atoms with E-state index in [2.05, 4.69) is 67.0 Å². The maximum atomic E-state index is 12.5. The van der Waals surface area contributed by atoms with E-state index in [1.54, 1.807) is 0 Å². The Balaban J connectivity index is 4.36. The van der Waals surface area contributed by atoms with E-state index in [9.17, 15) is 24.2 Å². The first-order chi connectivity index (χ1) is 25.2. The molecule has 0 rings (SSSR count). The maximum absolute atomic E-state index is 12.5. The summed E-state index contributed by atoms with van der Waals surface area (Å²) in [6.45, 7) is 2.28. The van der Waals surface area contributed by atoms with E-state index in [4.69, 9.17) is 19.1 Å². The summed E-state index contributed by atoms with van der Waals surface area (Å²) < 4.78 is 32.5. The lowest BCUT2D eigenvalue weighted by Crippen LogP contribution is -2.29. The average Bonchev–Trinajstić information content (AvgIpc) is 3.13. The van der Waals surface area contributed by atoms with Gasteiger partial charge in [-0.05, 0) is 57.8 Å². The maximum Gasteiger partial charge on any atom is 0.472 e. The van der Waals surface area contributed by atoms with Gasteiger partial charge in [-0.1, -0.05) is 140 Å². The Morgan fingerprint density at radius 1 is 0.577 bits per heavy atom. The fraction of sp³-hybridized carbons (Fsp3) is 0.756. The monoisotopic (exact) mass is 756 g/mol. The molecule has 0 radical (unpaired) electrons. The van der Waals surface area contributed by atoms with Crippen molar-refractivity contribution in [3.8, 4) is 0 Å². The molecule has 0 heterocycles. The van der Waals surface area contributed by atoms with Crippen molar-refractivity contribution in [2.45, 2.75) is 174 Å². The van der Waals surface area contributed by atoms with Gasteiger partial charge in [0.25, 0.3) is 0 Å². The highest BCUT2D eigenvalue weighted by Crippen LogP contribution is 2.43. The van der Waals surface area contributed by atoms with E-state index in [-0.39, 0.29) is 19.4 Å². The van der Waals surface area contributed by atoms with Crippen molar-refractivity contribution in [1.82, 2.24) is 0 Å². The van der Waals surface area contributed by atoms with Crippen molar-refractivity contribution < 1.29 is 47.8 Å². The van der Waals surface area contributed by atoms with Crippen molar-refractivity contribution in [3.05, 3.63) is 48.6 Å². The summed E-state index contributed by atoms with van der Waals surface area (Å²) in [6.07, 6.45) is 38.0. The molecule has 1 unspecified atom stereocenters. The summed E-state index contributed by atoms with van der Waals surface area (Å²) in [7, 11) is -4.62. The van der Waals surface area contributed by atoms with Gasteiger partial charge in [-0.2, -0.15) is 0 Å². The topological polar surface area (TPSA) is 149 Å². The van der Waals surface area contributed by atoms with Crippen molar-refractivity contribution in [3.63, 3.8) is 0 Å². The molecule has 52 heavy (non-hydrogen) atoms. The van der Waals surface area contributed by atoms with Crippen LogP contribution in [-0.2, 0) is 32.7 Å². The molecule has 0 bridgehead atoms. The largest absolute Gasteiger partial charge is 0.472 e. The van der Waals surface area contributed by atoms with Crippen LogP contribution in [0.1, 0.15) is 162 Å². The number of allylic oxidation sites excluding steroid dienone is 8. The zero-order valence-electron chi connectivity index (χ0n) is 32.5. The van der Waals surface area contributed by atoms with Crippen molar-refractivity contribution in [1.29, 1.82) is 0 Å². The number of hydrogen-bond acceptors (Lipinski definition) is 9. The Hall–Kier alpha value is -2.07. The number of carbonyl (C=O) groups excluding carboxylic acids is 2. The number of esters is 2. The van der Waals surface area contributed by atoms with Crippen molar-refractivity contribution in [2.75, 3.05) is 26.4 Å². The highest BCUT2D eigenvalue weighted by Gasteiger charge is 2.27. The van der Waals surface area contributed by atoms with Crippen molar-refractivity contribution >= 4 is 19.8 Å². The van der Waals surface area contributed by atoms with Gasteiger partial charge >= 0.3 is 19.8 Å². The van der Waals surface area contributed by atoms with E-state index >= 15 is 0 Å². The van der Waals surface area contributed by atoms with E-state index < -0.39 is 51.8 Å². The Morgan fingerprint density at radius 2 is 1.00 bits per heavy atom. The van der Waals surface area contributed by atoms with Gasteiger partial charge in [0.2, 0.25) is 0 Å². The molecule has 0 aliphatic carbocycles. The van der Waals surface area contributed by atoms with Crippen LogP contribution < -0.4 is 0 Å². The van der Waals surface area contributed by atoms with E-state index in [1.165, 1.54) is 64.2 Å². The molecule has 0 fully saturated rings. The first-order valence-corrected chi connectivity index (χ1v) is 21.6. The van der Waals surface area contributed by atoms with Gasteiger partial charge in [-0.15, -0.1) is 0 Å². The Kier molecular flexibility index (Phi) is 35.8. The number of ether oxygens (including phenoxy) is 2. The highest BCUT2D eigenvalue weighted by molar-refractivity contribution is 7.47. The summed E-state index contributed by atoms with van der Waals surface area (Å²) >= 11 is 0. The summed E-state index contributed by atoms with van der Waals surface area (Å²) in [4.78, 5) is 34.8. The normalized spacial score (nSPS) is 14.5. The lowest BCUT2D eigenvalue weighted by atomic mass is 10.1. The van der Waals surface area contributed by atoms with Gasteiger partial charge < -0.3 is 24.6 Å². The minimum Gasteiger partial charge on any atom is -0.462 e. The van der Waals surface area contributed by atoms with Crippen LogP contribution in [0.3, 0.4) is 0 Å². The fourth-order valence-electron chi connectivity index (χ4n) is 5.09. The van der Waals surface area contributed by atoms with Crippen LogP contribution in [0.4, 0.5) is 0 Å². The van der Waals surface area contributed by atoms with Gasteiger partial charge in [-0.25, -0.2) is 4.57 Å². The molecule has 0 aliphatic heterocycles. The molecule has 0 saturated carbocycles. The van der Waals surface area contributed by atoms with E-state index in [1.807, 2.05) is 0 Å². The first-order valence-electron chi connectivity index (χ1n) is 20.1. The van der Waals surface area contributed by atoms with Gasteiger partial charge in [0.15, 0.2) is 6.10 Å². The molecule has 0 saturated heterocycles. The van der Waals surface area contributed by atoms with Crippen LogP contribution in [0.2, 0.25) is 0 Å². The number of unbranched alkanes of at least 4 members (excludes halogenated alkanes) is 15. The van der Waals surface area contributed by atoms with Gasteiger partial charge in [0.1, 0.15) is 12.7 Å². The second kappa shape index (κ2) is 37.3. The third-order valence-corrected chi connectivity index (χ3v) is 9.19. The minimum absolute atomic E-state index is 0.177. The SMILES string of the molecule is CCCCC/C=C\C/C=C\C/C=C\C/C=C\CCCCCC(=O)OC[C@H](COP(=O)(O)OC[C@@H](O)CO)OC(=O)CCCCCCCCCCCC. The summed E-state index contributed by atoms with van der Waals surface area (Å²) in [6, 6.07) is 0. The lowest BCUT2D eigenvalue weighted by molar-refractivity contribution is -0.161. The fourth-order valence-corrected chi connectivity index (χ4v) is 5.88. The zero-order valence-corrected chi connectivity index (χ0v) is 33.4. The van der Waals surface area contributed by atoms with Gasteiger partial charge in [0.05, 0.1) is 19.8 Å². The average molecular weight is 757 g/mol. The molecule has 0 aromatic carbocycles. The molecule has 10 nitrogen and oxygen atoms in total. The second-order valence-electron chi connectivity index (χ2n) is 13.3. The number of phosphoric acid groups is 1. The lowest BCUT2D eigenvalue weighted by Gasteiger charge is -2.20. The smallest absolute Gasteiger partial charge is 0.462 e. The van der Waals surface area contributed by atoms with Crippen molar-refractivity contribution in [2.24, 2.45) is 0 Å². The van der Waals surface area contributed by atoms with Gasteiger partial charge in [-0.3, -0.25) is 18.6 Å². The van der Waals surface area contributed by atoms with E-state index in [0.717, 1.165) is 57.8 Å². The van der Waals surface area contributed by atoms with E-state index in [0.29, 0.717) is 12.8 Å². The van der Waals surface area contributed by atoms with Crippen LogP contribution in [0.15, 0.2) is 48.6 Å². The number of carbonyl (C=O) groups is 2.